The van der Waals surface area contributed by atoms with Crippen molar-refractivity contribution in [1.29, 1.82) is 0 Å². The van der Waals surface area contributed by atoms with Crippen molar-refractivity contribution >= 4 is 11.0 Å². The molecular formula is C54H53N3O. The summed E-state index contributed by atoms with van der Waals surface area (Å²) in [6.45, 7) is 0.799. The van der Waals surface area contributed by atoms with Crippen molar-refractivity contribution in [2.45, 2.75) is 79.3 Å². The molecule has 0 amide bonds. The Morgan fingerprint density at radius 1 is 0.655 bits per heavy atom. The van der Waals surface area contributed by atoms with Crippen LogP contribution in [0.2, 0.25) is 0 Å². The highest BCUT2D eigenvalue weighted by Crippen LogP contribution is 2.42. The Morgan fingerprint density at radius 3 is 2.14 bits per heavy atom. The SMILES string of the molecule is [2H]c1c([2H])c(C(C([2H])([2H])[2H])(C([2H])([2H])[2H])C([2H])([2H])[2H])c([2H])c([2H])c1-c1ccnc(-c2cc(-c3cccc4c3nc(-c3cc(C)cc(C)c3O)n4-c3ccc(-c4ccccc4)c(CC)c3)cc(C(C)(C)C)c2)c1. The lowest BCUT2D eigenvalue weighted by atomic mass is 9.83. The summed E-state index contributed by atoms with van der Waals surface area (Å²) in [5, 5.41) is 11.7. The molecule has 0 unspecified atom stereocenters. The largest absolute Gasteiger partial charge is 0.507 e. The summed E-state index contributed by atoms with van der Waals surface area (Å²) in [5.41, 5.74) is 5.89. The molecule has 8 rings (SSSR count). The second-order valence-corrected chi connectivity index (χ2v) is 16.0. The lowest BCUT2D eigenvalue weighted by Gasteiger charge is -2.22. The molecule has 0 saturated heterocycles. The minimum absolute atomic E-state index is 0.121. The van der Waals surface area contributed by atoms with Gasteiger partial charge in [0.2, 0.25) is 0 Å². The van der Waals surface area contributed by atoms with E-state index in [1.807, 2.05) is 74.5 Å². The number of hydrogen-bond donors (Lipinski definition) is 1. The number of nitrogens with zero attached hydrogens (tertiary/aromatic N) is 3. The minimum atomic E-state index is -3.80. The number of fused-ring (bicyclic) bond motifs is 1. The van der Waals surface area contributed by atoms with Gasteiger partial charge in [0.15, 0.2) is 0 Å². The van der Waals surface area contributed by atoms with Crippen LogP contribution in [0.1, 0.15) is 93.9 Å². The van der Waals surface area contributed by atoms with E-state index in [1.54, 1.807) is 6.07 Å². The van der Waals surface area contributed by atoms with E-state index in [-0.39, 0.29) is 16.9 Å². The first-order valence-corrected chi connectivity index (χ1v) is 19.4. The van der Waals surface area contributed by atoms with E-state index < -0.39 is 61.1 Å². The molecule has 0 atom stereocenters. The van der Waals surface area contributed by atoms with Gasteiger partial charge in [0.05, 0.1) is 27.8 Å². The number of hydrogen-bond acceptors (Lipinski definition) is 3. The molecule has 4 nitrogen and oxygen atoms in total. The lowest BCUT2D eigenvalue weighted by Crippen LogP contribution is -2.11. The summed E-state index contributed by atoms with van der Waals surface area (Å²) in [7, 11) is 0. The maximum atomic E-state index is 11.7. The van der Waals surface area contributed by atoms with Crippen molar-refractivity contribution in [3.63, 3.8) is 0 Å². The standard InChI is InChI=1S/C54H53N3O/c1-10-36-32-44(23-24-45(36)38-15-12-11-13-16-38)57-49-18-14-17-46(50(49)56-52(57)47-28-34(2)27-35(3)51(47)58)40-29-41(31-43(30-40)54(7,8)9)48-33-39(25-26-55-48)37-19-21-42(22-20-37)53(4,5)6/h11-33,58H,10H2,1-9H3/i4D3,5D3,6D3,19D,20D,21D,22D. The fraction of sp³-hybridized carbons (Fsp3) is 0.222. The quantitative estimate of drug-likeness (QED) is 0.175. The van der Waals surface area contributed by atoms with Gasteiger partial charge < -0.3 is 5.11 Å². The zero-order valence-corrected chi connectivity index (χ0v) is 33.5. The summed E-state index contributed by atoms with van der Waals surface area (Å²) in [4.78, 5) is 10.1. The zero-order valence-electron chi connectivity index (χ0n) is 46.5. The fourth-order valence-corrected chi connectivity index (χ4v) is 7.57. The maximum Gasteiger partial charge on any atom is 0.149 e. The predicted octanol–water partition coefficient (Wildman–Crippen LogP) is 14.2. The predicted molar refractivity (Wildman–Crippen MR) is 244 cm³/mol. The fourth-order valence-electron chi connectivity index (χ4n) is 7.57. The first-order valence-electron chi connectivity index (χ1n) is 25.9. The van der Waals surface area contributed by atoms with Gasteiger partial charge in [-0.2, -0.15) is 0 Å². The van der Waals surface area contributed by atoms with Gasteiger partial charge in [-0.15, -0.1) is 0 Å². The number of para-hydroxylation sites is 1. The van der Waals surface area contributed by atoms with Crippen LogP contribution in [-0.4, -0.2) is 19.6 Å². The summed E-state index contributed by atoms with van der Waals surface area (Å²) in [6.07, 6.45) is 2.20. The molecule has 2 heterocycles. The highest BCUT2D eigenvalue weighted by atomic mass is 16.3. The minimum Gasteiger partial charge on any atom is -0.507 e. The molecule has 0 fully saturated rings. The molecule has 4 heteroatoms. The van der Waals surface area contributed by atoms with Gasteiger partial charge in [-0.25, -0.2) is 4.98 Å². The molecule has 0 aliphatic heterocycles. The van der Waals surface area contributed by atoms with Crippen LogP contribution in [0.4, 0.5) is 0 Å². The van der Waals surface area contributed by atoms with Crippen LogP contribution in [0.15, 0.2) is 140 Å². The first kappa shape index (κ1) is 25.9. The molecule has 0 bridgehead atoms. The Labute approximate surface area is 362 Å². The van der Waals surface area contributed by atoms with Crippen molar-refractivity contribution in [1.82, 2.24) is 14.5 Å². The van der Waals surface area contributed by atoms with E-state index in [0.717, 1.165) is 56.6 Å². The summed E-state index contributed by atoms with van der Waals surface area (Å²) in [5.74, 6) is 0.670. The number of benzene rings is 6. The van der Waals surface area contributed by atoms with Crippen LogP contribution in [0.5, 0.6) is 5.75 Å². The smallest absolute Gasteiger partial charge is 0.149 e. The number of aromatic nitrogens is 3. The number of imidazole rings is 1. The highest BCUT2D eigenvalue weighted by molar-refractivity contribution is 5.97. The number of rotatable bonds is 7. The van der Waals surface area contributed by atoms with E-state index in [4.69, 9.17) is 27.8 Å². The number of phenolic OH excluding ortho intramolecular Hbond substituents is 1. The lowest BCUT2D eigenvalue weighted by molar-refractivity contribution is 0.472. The van der Waals surface area contributed by atoms with Crippen LogP contribution in [-0.2, 0) is 17.3 Å². The van der Waals surface area contributed by atoms with Crippen molar-refractivity contribution in [3.8, 4) is 67.5 Å². The van der Waals surface area contributed by atoms with Gasteiger partial charge in [-0.05, 0) is 135 Å². The van der Waals surface area contributed by atoms with Crippen LogP contribution in [0, 0.1) is 13.8 Å². The molecule has 8 aromatic rings. The Hall–Kier alpha value is -6.26. The molecular weight excluding hydrogens is 707 g/mol. The first-order chi connectivity index (χ1) is 33.1. The number of aryl methyl sites for hydroxylation is 3. The summed E-state index contributed by atoms with van der Waals surface area (Å²) in [6, 6.07) is 31.7. The highest BCUT2D eigenvalue weighted by Gasteiger charge is 2.24. The van der Waals surface area contributed by atoms with E-state index >= 15 is 0 Å². The van der Waals surface area contributed by atoms with Crippen molar-refractivity contribution in [2.75, 3.05) is 0 Å². The summed E-state index contributed by atoms with van der Waals surface area (Å²) >= 11 is 0. The average molecular weight is 773 g/mol. The normalized spacial score (nSPS) is 15.9. The van der Waals surface area contributed by atoms with Gasteiger partial charge in [0, 0.05) is 35.3 Å². The Balaban J connectivity index is 1.34. The Bertz CT molecular complexity index is 3320. The molecule has 0 spiro atoms. The van der Waals surface area contributed by atoms with E-state index in [1.165, 1.54) is 12.3 Å². The molecule has 0 aliphatic rings. The number of pyridine rings is 1. The van der Waals surface area contributed by atoms with Gasteiger partial charge in [0.1, 0.15) is 11.6 Å². The maximum absolute atomic E-state index is 11.7. The third kappa shape index (κ3) is 7.36. The molecule has 6 aromatic carbocycles. The third-order valence-corrected chi connectivity index (χ3v) is 10.6. The molecule has 58 heavy (non-hydrogen) atoms. The molecule has 0 radical (unpaired) electrons. The van der Waals surface area contributed by atoms with Gasteiger partial charge >= 0.3 is 0 Å². The van der Waals surface area contributed by atoms with Crippen LogP contribution in [0.3, 0.4) is 0 Å². The van der Waals surface area contributed by atoms with Crippen molar-refractivity contribution in [2.24, 2.45) is 0 Å². The van der Waals surface area contributed by atoms with Gasteiger partial charge in [0.25, 0.3) is 0 Å². The van der Waals surface area contributed by atoms with Crippen LogP contribution < -0.4 is 0 Å². The zero-order chi connectivity index (χ0) is 51.9. The average Bonchev–Trinajstić information content (AvgIpc) is 3.69. The second-order valence-electron chi connectivity index (χ2n) is 16.0. The van der Waals surface area contributed by atoms with Gasteiger partial charge in [-0.3, -0.25) is 9.55 Å². The van der Waals surface area contributed by atoms with Crippen LogP contribution >= 0.6 is 0 Å². The molecule has 0 aliphatic carbocycles. The Morgan fingerprint density at radius 2 is 1.41 bits per heavy atom. The number of aromatic hydroxyl groups is 1. The monoisotopic (exact) mass is 773 g/mol. The van der Waals surface area contributed by atoms with Crippen LogP contribution in [0.25, 0.3) is 72.7 Å². The molecule has 1 N–H and O–H groups in total. The van der Waals surface area contributed by atoms with E-state index in [9.17, 15) is 5.11 Å². The van der Waals surface area contributed by atoms with Crippen molar-refractivity contribution < 1.29 is 22.9 Å². The van der Waals surface area contributed by atoms with Crippen molar-refractivity contribution in [3.05, 3.63) is 167 Å². The molecule has 0 saturated carbocycles. The van der Waals surface area contributed by atoms with Gasteiger partial charge in [-0.1, -0.05) is 133 Å². The third-order valence-electron chi connectivity index (χ3n) is 10.6. The second kappa shape index (κ2) is 14.9. The van der Waals surface area contributed by atoms with E-state index in [0.29, 0.717) is 33.7 Å². The Kier molecular flexibility index (Phi) is 6.66. The molecule has 2 aromatic heterocycles. The van der Waals surface area contributed by atoms with E-state index in [2.05, 4.69) is 68.7 Å². The molecule has 290 valence electrons. The number of phenols is 1. The summed E-state index contributed by atoms with van der Waals surface area (Å²) < 4.78 is 112. The topological polar surface area (TPSA) is 50.9 Å².